The van der Waals surface area contributed by atoms with Crippen molar-refractivity contribution in [2.75, 3.05) is 23.8 Å². The topological polar surface area (TPSA) is 59.6 Å². The van der Waals surface area contributed by atoms with Crippen molar-refractivity contribution in [2.45, 2.75) is 20.5 Å². The molecule has 5 heteroatoms. The highest BCUT2D eigenvalue weighted by molar-refractivity contribution is 5.94. The van der Waals surface area contributed by atoms with Crippen LogP contribution in [0.5, 0.6) is 11.5 Å². The van der Waals surface area contributed by atoms with Crippen molar-refractivity contribution in [3.05, 3.63) is 84.4 Å². The van der Waals surface area contributed by atoms with Crippen LogP contribution >= 0.6 is 0 Å². The van der Waals surface area contributed by atoms with Gasteiger partial charge in [-0.05, 0) is 47.9 Å². The van der Waals surface area contributed by atoms with Gasteiger partial charge in [-0.2, -0.15) is 0 Å². The van der Waals surface area contributed by atoms with E-state index in [4.69, 9.17) is 9.47 Å². The summed E-state index contributed by atoms with van der Waals surface area (Å²) in [6, 6.07) is 25.0. The van der Waals surface area contributed by atoms with Crippen LogP contribution in [0.25, 0.3) is 0 Å². The molecule has 3 aromatic carbocycles. The molecule has 3 rings (SSSR count). The first kappa shape index (κ1) is 21.2. The van der Waals surface area contributed by atoms with Gasteiger partial charge >= 0.3 is 0 Å². The predicted octanol–water partition coefficient (Wildman–Crippen LogP) is 5.35. The number of benzene rings is 3. The minimum Gasteiger partial charge on any atom is -0.491 e. The number of ether oxygens (including phenoxy) is 2. The third-order valence-corrected chi connectivity index (χ3v) is 4.29. The maximum absolute atomic E-state index is 12.3. The molecule has 0 aliphatic rings. The highest BCUT2D eigenvalue weighted by Gasteiger charge is 2.07. The fourth-order valence-electron chi connectivity index (χ4n) is 2.75. The van der Waals surface area contributed by atoms with E-state index in [0.29, 0.717) is 19.1 Å². The van der Waals surface area contributed by atoms with E-state index < -0.39 is 0 Å². The Balaban J connectivity index is 1.47. The molecule has 2 N–H and O–H groups in total. The fourth-order valence-corrected chi connectivity index (χ4v) is 2.75. The van der Waals surface area contributed by atoms with Gasteiger partial charge in [-0.15, -0.1) is 0 Å². The molecule has 0 fully saturated rings. The molecule has 30 heavy (non-hydrogen) atoms. The van der Waals surface area contributed by atoms with E-state index in [1.807, 2.05) is 78.9 Å². The lowest BCUT2D eigenvalue weighted by Crippen LogP contribution is -2.22. The second kappa shape index (κ2) is 10.9. The zero-order valence-corrected chi connectivity index (χ0v) is 17.4. The number of hydrogen-bond acceptors (Lipinski definition) is 4. The van der Waals surface area contributed by atoms with Gasteiger partial charge in [0.05, 0.1) is 18.8 Å². The summed E-state index contributed by atoms with van der Waals surface area (Å²) in [6.07, 6.45) is 0. The second-order valence-corrected chi connectivity index (χ2v) is 7.40. The second-order valence-electron chi connectivity index (χ2n) is 7.40. The number of hydrogen-bond donors (Lipinski definition) is 2. The molecule has 0 saturated carbocycles. The van der Waals surface area contributed by atoms with Crippen molar-refractivity contribution in [3.63, 3.8) is 0 Å². The zero-order chi connectivity index (χ0) is 21.2. The van der Waals surface area contributed by atoms with Crippen molar-refractivity contribution in [2.24, 2.45) is 5.92 Å². The van der Waals surface area contributed by atoms with Gasteiger partial charge in [0.2, 0.25) is 5.91 Å². The van der Waals surface area contributed by atoms with Gasteiger partial charge in [-0.25, -0.2) is 0 Å². The summed E-state index contributed by atoms with van der Waals surface area (Å²) in [4.78, 5) is 12.3. The normalized spacial score (nSPS) is 10.5. The summed E-state index contributed by atoms with van der Waals surface area (Å²) in [6.45, 7) is 5.48. The Labute approximate surface area is 178 Å². The Morgan fingerprint density at radius 2 is 1.57 bits per heavy atom. The lowest BCUT2D eigenvalue weighted by atomic mass is 10.2. The quantitative estimate of drug-likeness (QED) is 0.478. The van der Waals surface area contributed by atoms with E-state index >= 15 is 0 Å². The number of rotatable bonds is 10. The SMILES string of the molecule is CC(C)COc1ccccc1NCC(=O)Nc1ccc(OCc2ccccc2)cc1. The Bertz CT molecular complexity index is 925. The van der Waals surface area contributed by atoms with E-state index in [0.717, 1.165) is 28.4 Å². The summed E-state index contributed by atoms with van der Waals surface area (Å²) >= 11 is 0. The Hall–Kier alpha value is -3.47. The minimum absolute atomic E-state index is 0.133. The molecule has 0 spiro atoms. The van der Waals surface area contributed by atoms with Crippen LogP contribution in [-0.4, -0.2) is 19.1 Å². The molecule has 0 heterocycles. The summed E-state index contributed by atoms with van der Waals surface area (Å²) in [5, 5.41) is 6.03. The third-order valence-electron chi connectivity index (χ3n) is 4.29. The number of para-hydroxylation sites is 2. The van der Waals surface area contributed by atoms with Crippen LogP contribution in [0.4, 0.5) is 11.4 Å². The average molecular weight is 405 g/mol. The lowest BCUT2D eigenvalue weighted by Gasteiger charge is -2.14. The van der Waals surface area contributed by atoms with Gasteiger partial charge < -0.3 is 20.1 Å². The lowest BCUT2D eigenvalue weighted by molar-refractivity contribution is -0.114. The molecule has 0 bridgehead atoms. The molecule has 0 aromatic heterocycles. The first-order chi connectivity index (χ1) is 14.6. The van der Waals surface area contributed by atoms with Gasteiger partial charge in [0, 0.05) is 5.69 Å². The molecule has 0 aliphatic carbocycles. The fraction of sp³-hybridized carbons (Fsp3) is 0.240. The number of amides is 1. The van der Waals surface area contributed by atoms with Gasteiger partial charge in [0.1, 0.15) is 18.1 Å². The summed E-state index contributed by atoms with van der Waals surface area (Å²) in [5.74, 6) is 1.80. The molecular weight excluding hydrogens is 376 g/mol. The zero-order valence-electron chi connectivity index (χ0n) is 17.4. The van der Waals surface area contributed by atoms with Gasteiger partial charge in [-0.3, -0.25) is 4.79 Å². The molecule has 3 aromatic rings. The molecule has 0 atom stereocenters. The standard InChI is InChI=1S/C25H28N2O3/c1-19(2)17-30-24-11-7-6-10-23(24)26-16-25(28)27-21-12-14-22(15-13-21)29-18-20-8-4-3-5-9-20/h3-15,19,26H,16-18H2,1-2H3,(H,27,28). The molecule has 0 radical (unpaired) electrons. The van der Waals surface area contributed by atoms with E-state index in [9.17, 15) is 4.79 Å². The van der Waals surface area contributed by atoms with Crippen molar-refractivity contribution >= 4 is 17.3 Å². The van der Waals surface area contributed by atoms with Crippen LogP contribution in [0.15, 0.2) is 78.9 Å². The molecule has 156 valence electrons. The van der Waals surface area contributed by atoms with Crippen molar-refractivity contribution in [1.29, 1.82) is 0 Å². The minimum atomic E-state index is -0.133. The Morgan fingerprint density at radius 3 is 2.30 bits per heavy atom. The van der Waals surface area contributed by atoms with Crippen LogP contribution in [0.3, 0.4) is 0 Å². The number of anilines is 2. The molecule has 5 nitrogen and oxygen atoms in total. The molecule has 0 aliphatic heterocycles. The highest BCUT2D eigenvalue weighted by atomic mass is 16.5. The summed E-state index contributed by atoms with van der Waals surface area (Å²) in [5.41, 5.74) is 2.63. The smallest absolute Gasteiger partial charge is 0.243 e. The van der Waals surface area contributed by atoms with E-state index in [2.05, 4.69) is 24.5 Å². The molecular formula is C25H28N2O3. The van der Waals surface area contributed by atoms with Crippen LogP contribution in [0, 0.1) is 5.92 Å². The van der Waals surface area contributed by atoms with E-state index in [1.54, 1.807) is 0 Å². The largest absolute Gasteiger partial charge is 0.491 e. The first-order valence-electron chi connectivity index (χ1n) is 10.1. The van der Waals surface area contributed by atoms with Gasteiger partial charge in [-0.1, -0.05) is 56.3 Å². The maximum Gasteiger partial charge on any atom is 0.243 e. The van der Waals surface area contributed by atoms with E-state index in [1.165, 1.54) is 0 Å². The number of carbonyl (C=O) groups excluding carboxylic acids is 1. The predicted molar refractivity (Wildman–Crippen MR) is 121 cm³/mol. The third kappa shape index (κ3) is 6.85. The highest BCUT2D eigenvalue weighted by Crippen LogP contribution is 2.24. The van der Waals surface area contributed by atoms with Crippen LogP contribution in [-0.2, 0) is 11.4 Å². The summed E-state index contributed by atoms with van der Waals surface area (Å²) < 4.78 is 11.6. The van der Waals surface area contributed by atoms with E-state index in [-0.39, 0.29) is 12.5 Å². The maximum atomic E-state index is 12.3. The van der Waals surface area contributed by atoms with Gasteiger partial charge in [0.25, 0.3) is 0 Å². The number of carbonyl (C=O) groups is 1. The average Bonchev–Trinajstić information content (AvgIpc) is 2.77. The monoisotopic (exact) mass is 404 g/mol. The first-order valence-corrected chi connectivity index (χ1v) is 10.1. The number of nitrogens with one attached hydrogen (secondary N) is 2. The Morgan fingerprint density at radius 1 is 0.867 bits per heavy atom. The van der Waals surface area contributed by atoms with Crippen LogP contribution in [0.2, 0.25) is 0 Å². The van der Waals surface area contributed by atoms with Crippen molar-refractivity contribution < 1.29 is 14.3 Å². The van der Waals surface area contributed by atoms with Crippen LogP contribution in [0.1, 0.15) is 19.4 Å². The van der Waals surface area contributed by atoms with Crippen LogP contribution < -0.4 is 20.1 Å². The van der Waals surface area contributed by atoms with Crippen molar-refractivity contribution in [1.82, 2.24) is 0 Å². The molecule has 1 amide bonds. The van der Waals surface area contributed by atoms with Gasteiger partial charge in [0.15, 0.2) is 0 Å². The molecule has 0 saturated heterocycles. The Kier molecular flexibility index (Phi) is 7.72. The molecule has 0 unspecified atom stereocenters. The summed E-state index contributed by atoms with van der Waals surface area (Å²) in [7, 11) is 0. The van der Waals surface area contributed by atoms with Crippen molar-refractivity contribution in [3.8, 4) is 11.5 Å².